The number of carbonyl (C=O) groups is 1. The Morgan fingerprint density at radius 1 is 0.926 bits per heavy atom. The van der Waals surface area contributed by atoms with Crippen molar-refractivity contribution in [1.82, 2.24) is 0 Å². The molecular formula is C24H27N2O+. The van der Waals surface area contributed by atoms with Crippen LogP contribution in [0.4, 0.5) is 5.69 Å². The topological polar surface area (TPSA) is 33.0 Å². The van der Waals surface area contributed by atoms with Gasteiger partial charge in [-0.15, -0.1) is 0 Å². The Kier molecular flexibility index (Phi) is 6.37. The van der Waals surface area contributed by atoms with Crippen LogP contribution in [0.25, 0.3) is 0 Å². The zero-order chi connectivity index (χ0) is 19.1. The molecule has 1 atom stereocenters. The van der Waals surface area contributed by atoms with Crippen LogP contribution in [0.1, 0.15) is 42.9 Å². The van der Waals surface area contributed by atoms with Gasteiger partial charge in [0.15, 0.2) is 12.4 Å². The summed E-state index contributed by atoms with van der Waals surface area (Å²) in [5.74, 6) is 0.415. The Hall–Kier alpha value is -2.94. The highest BCUT2D eigenvalue weighted by atomic mass is 16.1. The van der Waals surface area contributed by atoms with Crippen LogP contribution in [-0.4, -0.2) is 5.91 Å². The maximum atomic E-state index is 12.5. The molecule has 1 N–H and O–H groups in total. The van der Waals surface area contributed by atoms with Crippen molar-refractivity contribution >= 4 is 11.6 Å². The zero-order valence-electron chi connectivity index (χ0n) is 16.1. The van der Waals surface area contributed by atoms with Crippen LogP contribution in [0.5, 0.6) is 0 Å². The molecule has 0 spiro atoms. The van der Waals surface area contributed by atoms with Gasteiger partial charge in [-0.25, -0.2) is 0 Å². The molecule has 0 bridgehead atoms. The summed E-state index contributed by atoms with van der Waals surface area (Å²) in [6.45, 7) is 4.65. The van der Waals surface area contributed by atoms with Crippen LogP contribution in [0.3, 0.4) is 0 Å². The molecule has 27 heavy (non-hydrogen) atoms. The quantitative estimate of drug-likeness (QED) is 0.609. The third-order valence-corrected chi connectivity index (χ3v) is 4.92. The molecule has 3 rings (SSSR count). The Morgan fingerprint density at radius 3 is 2.26 bits per heavy atom. The van der Waals surface area contributed by atoms with Crippen LogP contribution in [-0.2, 0) is 17.8 Å². The summed E-state index contributed by atoms with van der Waals surface area (Å²) in [4.78, 5) is 12.5. The predicted octanol–water partition coefficient (Wildman–Crippen LogP) is 4.72. The van der Waals surface area contributed by atoms with Crippen molar-refractivity contribution in [2.45, 2.75) is 39.2 Å². The Labute approximate surface area is 161 Å². The van der Waals surface area contributed by atoms with Crippen LogP contribution in [0.15, 0.2) is 79.1 Å². The summed E-state index contributed by atoms with van der Waals surface area (Å²) in [6.07, 6.45) is 5.89. The summed E-state index contributed by atoms with van der Waals surface area (Å²) in [6, 6.07) is 22.6. The van der Waals surface area contributed by atoms with Gasteiger partial charge in [0.05, 0.1) is 0 Å². The average molecular weight is 359 g/mol. The number of amides is 1. The van der Waals surface area contributed by atoms with E-state index in [1.54, 1.807) is 0 Å². The van der Waals surface area contributed by atoms with E-state index < -0.39 is 0 Å². The number of rotatable bonds is 7. The van der Waals surface area contributed by atoms with Crippen molar-refractivity contribution in [2.24, 2.45) is 0 Å². The Balaban J connectivity index is 1.62. The van der Waals surface area contributed by atoms with E-state index in [1.807, 2.05) is 41.2 Å². The van der Waals surface area contributed by atoms with Crippen LogP contribution in [0, 0.1) is 0 Å². The molecule has 3 heteroatoms. The van der Waals surface area contributed by atoms with Gasteiger partial charge in [-0.05, 0) is 41.5 Å². The first-order chi connectivity index (χ1) is 13.2. The number of hydrogen-bond acceptors (Lipinski definition) is 1. The van der Waals surface area contributed by atoms with Crippen molar-refractivity contribution in [2.75, 3.05) is 5.32 Å². The van der Waals surface area contributed by atoms with Gasteiger partial charge >= 0.3 is 0 Å². The standard InChI is InChI=1S/C24H26N2O/c1-3-19(2)22-11-7-8-12-23(22)25-24(27)18-26-15-13-21(14-16-26)17-20-9-5-4-6-10-20/h4-16,19H,3,17-18H2,1-2H3/p+1/t19-/m1/s1. The molecule has 0 aliphatic rings. The first kappa shape index (κ1) is 18.8. The summed E-state index contributed by atoms with van der Waals surface area (Å²) < 4.78 is 1.91. The molecule has 0 unspecified atom stereocenters. The second-order valence-corrected chi connectivity index (χ2v) is 6.99. The van der Waals surface area contributed by atoms with E-state index in [-0.39, 0.29) is 5.91 Å². The molecule has 0 saturated carbocycles. The molecule has 0 saturated heterocycles. The highest BCUT2D eigenvalue weighted by Crippen LogP contribution is 2.26. The molecule has 1 aromatic heterocycles. The zero-order valence-corrected chi connectivity index (χ0v) is 16.1. The first-order valence-corrected chi connectivity index (χ1v) is 9.56. The molecule has 138 valence electrons. The minimum absolute atomic E-state index is 0.00781. The lowest BCUT2D eigenvalue weighted by Crippen LogP contribution is -2.39. The number of anilines is 1. The third kappa shape index (κ3) is 5.27. The minimum atomic E-state index is -0.00781. The summed E-state index contributed by atoms with van der Waals surface area (Å²) in [5, 5.41) is 3.07. The van der Waals surface area contributed by atoms with Crippen LogP contribution < -0.4 is 9.88 Å². The van der Waals surface area contributed by atoms with Gasteiger partial charge in [0, 0.05) is 17.8 Å². The molecule has 0 aliphatic carbocycles. The molecule has 3 aromatic rings. The number of para-hydroxylation sites is 1. The van der Waals surface area contributed by atoms with Gasteiger partial charge in [0.25, 0.3) is 5.91 Å². The van der Waals surface area contributed by atoms with Gasteiger partial charge in [-0.3, -0.25) is 4.79 Å². The lowest BCUT2D eigenvalue weighted by atomic mass is 9.97. The highest BCUT2D eigenvalue weighted by Gasteiger charge is 2.14. The number of pyridine rings is 1. The number of aromatic nitrogens is 1. The number of nitrogens with zero attached hydrogens (tertiary/aromatic N) is 1. The predicted molar refractivity (Wildman–Crippen MR) is 110 cm³/mol. The molecule has 2 aromatic carbocycles. The third-order valence-electron chi connectivity index (χ3n) is 4.92. The minimum Gasteiger partial charge on any atom is -0.320 e. The largest absolute Gasteiger partial charge is 0.320 e. The van der Waals surface area contributed by atoms with E-state index in [2.05, 4.69) is 61.6 Å². The average Bonchev–Trinajstić information content (AvgIpc) is 2.70. The Bertz CT molecular complexity index is 872. The monoisotopic (exact) mass is 359 g/mol. The van der Waals surface area contributed by atoms with Gasteiger partial charge in [0.2, 0.25) is 6.54 Å². The van der Waals surface area contributed by atoms with Crippen molar-refractivity contribution in [3.05, 3.63) is 95.8 Å². The first-order valence-electron chi connectivity index (χ1n) is 9.56. The van der Waals surface area contributed by atoms with E-state index >= 15 is 0 Å². The fraction of sp³-hybridized carbons (Fsp3) is 0.250. The maximum Gasteiger partial charge on any atom is 0.290 e. The number of benzene rings is 2. The van der Waals surface area contributed by atoms with Crippen molar-refractivity contribution < 1.29 is 9.36 Å². The van der Waals surface area contributed by atoms with Crippen LogP contribution >= 0.6 is 0 Å². The molecular weight excluding hydrogens is 332 g/mol. The van der Waals surface area contributed by atoms with Crippen molar-refractivity contribution in [3.63, 3.8) is 0 Å². The summed E-state index contributed by atoms with van der Waals surface area (Å²) in [5.41, 5.74) is 4.63. The molecule has 1 heterocycles. The van der Waals surface area contributed by atoms with E-state index in [1.165, 1.54) is 16.7 Å². The lowest BCUT2D eigenvalue weighted by molar-refractivity contribution is -0.684. The normalized spacial score (nSPS) is 11.8. The number of hydrogen-bond donors (Lipinski definition) is 1. The molecule has 0 fully saturated rings. The Morgan fingerprint density at radius 2 is 1.56 bits per heavy atom. The van der Waals surface area contributed by atoms with E-state index in [0.29, 0.717) is 12.5 Å². The molecule has 0 radical (unpaired) electrons. The molecule has 3 nitrogen and oxygen atoms in total. The van der Waals surface area contributed by atoms with Gasteiger partial charge < -0.3 is 5.32 Å². The van der Waals surface area contributed by atoms with E-state index in [4.69, 9.17) is 0 Å². The number of nitrogens with one attached hydrogen (secondary N) is 1. The summed E-state index contributed by atoms with van der Waals surface area (Å²) >= 11 is 0. The lowest BCUT2D eigenvalue weighted by Gasteiger charge is -2.15. The number of carbonyl (C=O) groups excluding carboxylic acids is 1. The van der Waals surface area contributed by atoms with Gasteiger partial charge in [0.1, 0.15) is 0 Å². The van der Waals surface area contributed by atoms with E-state index in [9.17, 15) is 4.79 Å². The highest BCUT2D eigenvalue weighted by molar-refractivity contribution is 5.90. The smallest absolute Gasteiger partial charge is 0.290 e. The van der Waals surface area contributed by atoms with Crippen molar-refractivity contribution in [1.29, 1.82) is 0 Å². The second kappa shape index (κ2) is 9.13. The van der Waals surface area contributed by atoms with Crippen molar-refractivity contribution in [3.8, 4) is 0 Å². The van der Waals surface area contributed by atoms with Crippen LogP contribution in [0.2, 0.25) is 0 Å². The fourth-order valence-corrected chi connectivity index (χ4v) is 3.16. The van der Waals surface area contributed by atoms with Gasteiger partial charge in [-0.2, -0.15) is 4.57 Å². The second-order valence-electron chi connectivity index (χ2n) is 6.99. The maximum absolute atomic E-state index is 12.5. The fourth-order valence-electron chi connectivity index (χ4n) is 3.16. The van der Waals surface area contributed by atoms with Gasteiger partial charge in [-0.1, -0.05) is 62.4 Å². The summed E-state index contributed by atoms with van der Waals surface area (Å²) in [7, 11) is 0. The van der Waals surface area contributed by atoms with E-state index in [0.717, 1.165) is 18.5 Å². The molecule has 0 aliphatic heterocycles. The molecule has 1 amide bonds. The SMILES string of the molecule is CC[C@@H](C)c1ccccc1NC(=O)C[n+]1ccc(Cc2ccccc2)cc1.